The van der Waals surface area contributed by atoms with E-state index in [2.05, 4.69) is 16.0 Å². The lowest BCUT2D eigenvalue weighted by atomic mass is 10.2. The molecule has 0 radical (unpaired) electrons. The van der Waals surface area contributed by atoms with Gasteiger partial charge >= 0.3 is 0 Å². The minimum atomic E-state index is -0.750. The normalized spacial score (nSPS) is 18.1. The Morgan fingerprint density at radius 2 is 2.26 bits per heavy atom. The number of rotatable bonds is 4. The molecule has 0 aliphatic carbocycles. The van der Waals surface area contributed by atoms with E-state index < -0.39 is 6.17 Å². The smallest absolute Gasteiger partial charge is 0.128 e. The van der Waals surface area contributed by atoms with Crippen LogP contribution < -0.4 is 10.6 Å². The summed E-state index contributed by atoms with van der Waals surface area (Å²) in [5.41, 5.74) is 9.21. The Morgan fingerprint density at radius 3 is 2.93 bits per heavy atom. The summed E-state index contributed by atoms with van der Waals surface area (Å²) in [6.07, 6.45) is 4.89. The lowest BCUT2D eigenvalue weighted by Gasteiger charge is -2.16. The number of halogens is 1. The summed E-state index contributed by atoms with van der Waals surface area (Å²) in [5, 5.41) is 0. The molecule has 0 unspecified atom stereocenters. The Labute approximate surface area is 161 Å². The zero-order valence-corrected chi connectivity index (χ0v) is 15.8. The number of alkyl halides is 1. The topological polar surface area (TPSA) is 67.4 Å². The van der Waals surface area contributed by atoms with E-state index >= 15 is 0 Å². The first-order valence-electron chi connectivity index (χ1n) is 8.78. The highest BCUT2D eigenvalue weighted by Crippen LogP contribution is 2.33. The monoisotopic (exact) mass is 381 g/mol. The maximum Gasteiger partial charge on any atom is 0.128 e. The summed E-state index contributed by atoms with van der Waals surface area (Å²) in [6, 6.07) is 10.1. The molecule has 0 spiro atoms. The van der Waals surface area contributed by atoms with Gasteiger partial charge in [-0.15, -0.1) is 11.3 Å². The molecule has 1 saturated heterocycles. The molecule has 4 rings (SSSR count). The summed E-state index contributed by atoms with van der Waals surface area (Å²) in [6.45, 7) is 1.15. The van der Waals surface area contributed by atoms with Crippen molar-refractivity contribution in [2.45, 2.75) is 12.6 Å². The van der Waals surface area contributed by atoms with Crippen LogP contribution in [0.1, 0.15) is 12.1 Å². The first-order valence-corrected chi connectivity index (χ1v) is 9.60. The van der Waals surface area contributed by atoms with Crippen molar-refractivity contribution in [3.8, 4) is 10.4 Å². The van der Waals surface area contributed by atoms with E-state index in [1.807, 2.05) is 35.4 Å². The predicted molar refractivity (Wildman–Crippen MR) is 111 cm³/mol. The Morgan fingerprint density at radius 1 is 1.37 bits per heavy atom. The zero-order valence-electron chi connectivity index (χ0n) is 15.0. The molecule has 2 N–H and O–H groups in total. The third-order valence-electron chi connectivity index (χ3n) is 4.60. The molecule has 4 heterocycles. The number of thiophene rings is 1. The van der Waals surface area contributed by atoms with Gasteiger partial charge in [0.25, 0.3) is 0 Å². The molecule has 7 heteroatoms. The molecule has 1 aliphatic heterocycles. The van der Waals surface area contributed by atoms with E-state index in [0.29, 0.717) is 13.0 Å². The molecule has 5 nitrogen and oxygen atoms in total. The number of allylic oxidation sites excluding steroid dienone is 1. The fourth-order valence-corrected chi connectivity index (χ4v) is 4.20. The van der Waals surface area contributed by atoms with Crippen molar-refractivity contribution in [2.75, 3.05) is 25.0 Å². The van der Waals surface area contributed by atoms with Crippen LogP contribution in [-0.2, 0) is 0 Å². The van der Waals surface area contributed by atoms with Gasteiger partial charge in [-0.05, 0) is 36.8 Å². The highest BCUT2D eigenvalue weighted by Gasteiger charge is 2.22. The summed E-state index contributed by atoms with van der Waals surface area (Å²) >= 11 is 1.67. The number of nitrogens with two attached hydrogens (primary N) is 1. The number of hydrogen-bond donors (Lipinski definition) is 1. The van der Waals surface area contributed by atoms with Gasteiger partial charge in [0.2, 0.25) is 0 Å². The second-order valence-corrected chi connectivity index (χ2v) is 7.52. The first-order chi connectivity index (χ1) is 13.2. The van der Waals surface area contributed by atoms with Crippen LogP contribution in [0, 0.1) is 0 Å². The van der Waals surface area contributed by atoms with E-state index in [1.165, 1.54) is 6.20 Å². The van der Waals surface area contributed by atoms with E-state index in [1.54, 1.807) is 24.6 Å². The fourth-order valence-electron chi connectivity index (χ4n) is 3.21. The van der Waals surface area contributed by atoms with Crippen molar-refractivity contribution < 1.29 is 4.39 Å². The molecule has 1 fully saturated rings. The molecule has 27 heavy (non-hydrogen) atoms. The summed E-state index contributed by atoms with van der Waals surface area (Å²) < 4.78 is 14.5. The van der Waals surface area contributed by atoms with E-state index in [4.69, 9.17) is 10.7 Å². The van der Waals surface area contributed by atoms with Crippen LogP contribution in [0.3, 0.4) is 0 Å². The van der Waals surface area contributed by atoms with Gasteiger partial charge in [0.15, 0.2) is 0 Å². The molecule has 0 saturated carbocycles. The second-order valence-electron chi connectivity index (χ2n) is 6.44. The quantitative estimate of drug-likeness (QED) is 0.696. The molecule has 138 valence electrons. The molecule has 3 aromatic heterocycles. The largest absolute Gasteiger partial charge is 0.404 e. The highest BCUT2D eigenvalue weighted by atomic mass is 32.1. The second kappa shape index (κ2) is 7.44. The van der Waals surface area contributed by atoms with Gasteiger partial charge < -0.3 is 10.6 Å². The molecule has 0 amide bonds. The molecule has 0 aromatic carbocycles. The summed E-state index contributed by atoms with van der Waals surface area (Å²) in [7, 11) is 1.71. The molecular weight excluding hydrogens is 361 g/mol. The highest BCUT2D eigenvalue weighted by molar-refractivity contribution is 7.22. The van der Waals surface area contributed by atoms with Crippen molar-refractivity contribution in [3.63, 3.8) is 0 Å². The number of hydrogen-bond acceptors (Lipinski definition) is 6. The number of aliphatic imine (C=N–C) groups is 1. The number of aromatic nitrogens is 2. The zero-order chi connectivity index (χ0) is 18.8. The van der Waals surface area contributed by atoms with Crippen LogP contribution in [-0.4, -0.2) is 42.5 Å². The Hall–Kier alpha value is -2.80. The predicted octanol–water partition coefficient (Wildman–Crippen LogP) is 3.91. The van der Waals surface area contributed by atoms with Crippen molar-refractivity contribution >= 4 is 39.2 Å². The van der Waals surface area contributed by atoms with Crippen molar-refractivity contribution in [2.24, 2.45) is 10.7 Å². The SMILES string of the molecule is CN=CC(=CN)c1ccc2sc(-c3ccc(N4CC[C@@H](F)C4)nc3)cc2n1. The minimum absolute atomic E-state index is 0.431. The number of fused-ring (bicyclic) bond motifs is 1. The van der Waals surface area contributed by atoms with Gasteiger partial charge in [0, 0.05) is 48.2 Å². The Bertz CT molecular complexity index is 1010. The van der Waals surface area contributed by atoms with Crippen LogP contribution in [0.5, 0.6) is 0 Å². The van der Waals surface area contributed by atoms with Gasteiger partial charge in [-0.3, -0.25) is 4.99 Å². The van der Waals surface area contributed by atoms with Crippen molar-refractivity contribution in [3.05, 3.63) is 48.4 Å². The van der Waals surface area contributed by atoms with Crippen molar-refractivity contribution in [1.29, 1.82) is 0 Å². The van der Waals surface area contributed by atoms with Crippen LogP contribution in [0.4, 0.5) is 10.2 Å². The van der Waals surface area contributed by atoms with Gasteiger partial charge in [-0.1, -0.05) is 0 Å². The number of nitrogens with zero attached hydrogens (tertiary/aromatic N) is 4. The van der Waals surface area contributed by atoms with Gasteiger partial charge in [0.1, 0.15) is 12.0 Å². The third kappa shape index (κ3) is 3.55. The standard InChI is InChI=1S/C20H20FN5S/c1-23-10-14(9-22)16-3-4-18-17(25-16)8-19(27-18)13-2-5-20(24-11-13)26-7-6-15(21)12-26/h2-5,8-11,15H,6-7,12,22H2,1H3/t15-/m1/s1. The molecule has 1 aliphatic rings. The molecular formula is C20H20FN5S. The van der Waals surface area contributed by atoms with Crippen LogP contribution >= 0.6 is 11.3 Å². The average molecular weight is 381 g/mol. The molecule has 3 aromatic rings. The Balaban J connectivity index is 1.62. The molecule has 0 bridgehead atoms. The van der Waals surface area contributed by atoms with Crippen molar-refractivity contribution in [1.82, 2.24) is 9.97 Å². The number of anilines is 1. The maximum atomic E-state index is 13.4. The number of pyridine rings is 2. The van der Waals surface area contributed by atoms with Gasteiger partial charge in [-0.25, -0.2) is 14.4 Å². The van der Waals surface area contributed by atoms with E-state index in [-0.39, 0.29) is 0 Å². The third-order valence-corrected chi connectivity index (χ3v) is 5.74. The first kappa shape index (κ1) is 17.6. The maximum absolute atomic E-state index is 13.4. The summed E-state index contributed by atoms with van der Waals surface area (Å²) in [4.78, 5) is 16.3. The lowest BCUT2D eigenvalue weighted by Crippen LogP contribution is -2.20. The fraction of sp³-hybridized carbons (Fsp3) is 0.250. The van der Waals surface area contributed by atoms with E-state index in [0.717, 1.165) is 44.3 Å². The van der Waals surface area contributed by atoms with Crippen LogP contribution in [0.25, 0.3) is 26.2 Å². The van der Waals surface area contributed by atoms with Gasteiger partial charge in [0.05, 0.1) is 22.5 Å². The van der Waals surface area contributed by atoms with Gasteiger partial charge in [-0.2, -0.15) is 0 Å². The lowest BCUT2D eigenvalue weighted by molar-refractivity contribution is 0.364. The Kier molecular flexibility index (Phi) is 4.85. The van der Waals surface area contributed by atoms with Crippen LogP contribution in [0.2, 0.25) is 0 Å². The average Bonchev–Trinajstić information content (AvgIpc) is 3.32. The van der Waals surface area contributed by atoms with E-state index in [9.17, 15) is 4.39 Å². The molecule has 1 atom stereocenters. The summed E-state index contributed by atoms with van der Waals surface area (Å²) in [5.74, 6) is 0.831. The minimum Gasteiger partial charge on any atom is -0.404 e. The van der Waals surface area contributed by atoms with Crippen LogP contribution in [0.15, 0.2) is 47.7 Å².